The number of rotatable bonds is 5. The van der Waals surface area contributed by atoms with Gasteiger partial charge in [0.1, 0.15) is 0 Å². The number of hydrogen-bond donors (Lipinski definition) is 2. The molecule has 20 heavy (non-hydrogen) atoms. The third-order valence-corrected chi connectivity index (χ3v) is 4.68. The SMILES string of the molecule is CN(CC(C)(CO)c1ccccc1)C1CCCCC1O. The molecule has 0 saturated heterocycles. The van der Waals surface area contributed by atoms with E-state index in [0.717, 1.165) is 31.4 Å². The molecule has 3 unspecified atom stereocenters. The number of aliphatic hydroxyl groups excluding tert-OH is 2. The van der Waals surface area contributed by atoms with Gasteiger partial charge in [0.05, 0.1) is 12.7 Å². The lowest BCUT2D eigenvalue weighted by Crippen LogP contribution is -2.49. The highest BCUT2D eigenvalue weighted by atomic mass is 16.3. The molecule has 3 atom stereocenters. The van der Waals surface area contributed by atoms with Crippen LogP contribution in [0.25, 0.3) is 0 Å². The zero-order valence-electron chi connectivity index (χ0n) is 12.6. The average Bonchev–Trinajstić information content (AvgIpc) is 2.48. The van der Waals surface area contributed by atoms with Crippen LogP contribution in [-0.2, 0) is 5.41 Å². The minimum absolute atomic E-state index is 0.115. The lowest BCUT2D eigenvalue weighted by molar-refractivity contribution is 0.0176. The van der Waals surface area contributed by atoms with Crippen molar-refractivity contribution in [2.75, 3.05) is 20.2 Å². The zero-order valence-corrected chi connectivity index (χ0v) is 12.6. The Morgan fingerprint density at radius 1 is 1.20 bits per heavy atom. The molecule has 0 heterocycles. The van der Waals surface area contributed by atoms with Crippen molar-refractivity contribution in [3.05, 3.63) is 35.9 Å². The molecule has 2 N–H and O–H groups in total. The Morgan fingerprint density at radius 2 is 1.85 bits per heavy atom. The van der Waals surface area contributed by atoms with Crippen LogP contribution in [0, 0.1) is 0 Å². The summed E-state index contributed by atoms with van der Waals surface area (Å²) in [6, 6.07) is 10.4. The molecular weight excluding hydrogens is 250 g/mol. The van der Waals surface area contributed by atoms with Crippen LogP contribution in [0.2, 0.25) is 0 Å². The second kappa shape index (κ2) is 6.70. The first kappa shape index (κ1) is 15.5. The second-order valence-corrected chi connectivity index (χ2v) is 6.42. The van der Waals surface area contributed by atoms with Crippen LogP contribution in [0.4, 0.5) is 0 Å². The Hall–Kier alpha value is -0.900. The van der Waals surface area contributed by atoms with Crippen LogP contribution in [0.15, 0.2) is 30.3 Å². The molecule has 0 bridgehead atoms. The summed E-state index contributed by atoms with van der Waals surface area (Å²) in [5.74, 6) is 0. The fraction of sp³-hybridized carbons (Fsp3) is 0.647. The molecule has 1 saturated carbocycles. The van der Waals surface area contributed by atoms with E-state index >= 15 is 0 Å². The third kappa shape index (κ3) is 3.40. The van der Waals surface area contributed by atoms with Gasteiger partial charge in [0.25, 0.3) is 0 Å². The molecule has 0 spiro atoms. The lowest BCUT2D eigenvalue weighted by Gasteiger charge is -2.40. The van der Waals surface area contributed by atoms with E-state index in [1.165, 1.54) is 6.42 Å². The van der Waals surface area contributed by atoms with Crippen LogP contribution in [0.5, 0.6) is 0 Å². The van der Waals surface area contributed by atoms with Gasteiger partial charge in [-0.05, 0) is 25.5 Å². The number of hydrogen-bond acceptors (Lipinski definition) is 3. The topological polar surface area (TPSA) is 43.7 Å². The Balaban J connectivity index is 2.09. The van der Waals surface area contributed by atoms with Crippen molar-refractivity contribution in [1.82, 2.24) is 4.90 Å². The molecule has 1 aliphatic rings. The van der Waals surface area contributed by atoms with Crippen molar-refractivity contribution in [1.29, 1.82) is 0 Å². The summed E-state index contributed by atoms with van der Waals surface area (Å²) < 4.78 is 0. The molecule has 1 aromatic rings. The van der Waals surface area contributed by atoms with E-state index in [1.807, 2.05) is 18.2 Å². The summed E-state index contributed by atoms with van der Waals surface area (Å²) >= 11 is 0. The lowest BCUT2D eigenvalue weighted by atomic mass is 9.81. The molecular formula is C17H27NO2. The van der Waals surface area contributed by atoms with Gasteiger partial charge < -0.3 is 10.2 Å². The number of nitrogens with zero attached hydrogens (tertiary/aromatic N) is 1. The van der Waals surface area contributed by atoms with Gasteiger partial charge in [0, 0.05) is 18.0 Å². The average molecular weight is 277 g/mol. The summed E-state index contributed by atoms with van der Waals surface area (Å²) in [5.41, 5.74) is 0.868. The molecule has 0 amide bonds. The molecule has 0 aromatic heterocycles. The normalized spacial score (nSPS) is 26.4. The van der Waals surface area contributed by atoms with E-state index in [-0.39, 0.29) is 24.2 Å². The fourth-order valence-electron chi connectivity index (χ4n) is 3.35. The molecule has 2 rings (SSSR count). The number of likely N-dealkylation sites (N-methyl/N-ethyl adjacent to an activating group) is 1. The van der Waals surface area contributed by atoms with Crippen molar-refractivity contribution in [2.24, 2.45) is 0 Å². The molecule has 0 aliphatic heterocycles. The first-order chi connectivity index (χ1) is 9.57. The summed E-state index contributed by atoms with van der Waals surface area (Å²) in [7, 11) is 2.07. The molecule has 112 valence electrons. The Kier molecular flexibility index (Phi) is 5.19. The monoisotopic (exact) mass is 277 g/mol. The Labute approximate surface area is 122 Å². The minimum Gasteiger partial charge on any atom is -0.395 e. The van der Waals surface area contributed by atoms with Crippen molar-refractivity contribution < 1.29 is 10.2 Å². The summed E-state index contributed by atoms with van der Waals surface area (Å²) in [4.78, 5) is 2.23. The van der Waals surface area contributed by atoms with Gasteiger partial charge >= 0.3 is 0 Å². The molecule has 3 heteroatoms. The Bertz CT molecular complexity index is 409. The third-order valence-electron chi connectivity index (χ3n) is 4.68. The van der Waals surface area contributed by atoms with Crippen LogP contribution < -0.4 is 0 Å². The number of benzene rings is 1. The summed E-state index contributed by atoms with van der Waals surface area (Å²) in [5, 5.41) is 20.0. The molecule has 1 fully saturated rings. The molecule has 1 aliphatic carbocycles. The predicted molar refractivity (Wildman–Crippen MR) is 81.8 cm³/mol. The van der Waals surface area contributed by atoms with Gasteiger partial charge in [-0.3, -0.25) is 4.90 Å². The van der Waals surface area contributed by atoms with Crippen LogP contribution >= 0.6 is 0 Å². The van der Waals surface area contributed by atoms with E-state index in [9.17, 15) is 10.2 Å². The van der Waals surface area contributed by atoms with E-state index in [2.05, 4.69) is 31.0 Å². The maximum absolute atomic E-state index is 10.2. The predicted octanol–water partition coefficient (Wildman–Crippen LogP) is 2.17. The van der Waals surface area contributed by atoms with E-state index < -0.39 is 0 Å². The maximum Gasteiger partial charge on any atom is 0.0695 e. The standard InChI is InChI=1S/C17H27NO2/c1-17(13-19,14-8-4-3-5-9-14)12-18(2)15-10-6-7-11-16(15)20/h3-5,8-9,15-16,19-20H,6-7,10-13H2,1-2H3. The molecule has 0 radical (unpaired) electrons. The van der Waals surface area contributed by atoms with Crippen LogP contribution in [0.1, 0.15) is 38.2 Å². The first-order valence-corrected chi connectivity index (χ1v) is 7.61. The van der Waals surface area contributed by atoms with E-state index in [1.54, 1.807) is 0 Å². The second-order valence-electron chi connectivity index (χ2n) is 6.42. The van der Waals surface area contributed by atoms with E-state index in [0.29, 0.717) is 0 Å². The van der Waals surface area contributed by atoms with Gasteiger partial charge in [-0.15, -0.1) is 0 Å². The quantitative estimate of drug-likeness (QED) is 0.867. The minimum atomic E-state index is -0.285. The van der Waals surface area contributed by atoms with Gasteiger partial charge in [-0.1, -0.05) is 50.1 Å². The van der Waals surface area contributed by atoms with E-state index in [4.69, 9.17) is 0 Å². The highest BCUT2D eigenvalue weighted by Gasteiger charge is 2.33. The number of aliphatic hydroxyl groups is 2. The van der Waals surface area contributed by atoms with Crippen molar-refractivity contribution in [3.8, 4) is 0 Å². The zero-order chi connectivity index (χ0) is 14.6. The highest BCUT2D eigenvalue weighted by Crippen LogP contribution is 2.28. The van der Waals surface area contributed by atoms with Gasteiger partial charge in [-0.2, -0.15) is 0 Å². The summed E-state index contributed by atoms with van der Waals surface area (Å²) in [6.45, 7) is 2.97. The van der Waals surface area contributed by atoms with Gasteiger partial charge in [0.2, 0.25) is 0 Å². The van der Waals surface area contributed by atoms with Crippen molar-refractivity contribution >= 4 is 0 Å². The highest BCUT2D eigenvalue weighted by molar-refractivity contribution is 5.25. The first-order valence-electron chi connectivity index (χ1n) is 7.61. The van der Waals surface area contributed by atoms with Crippen LogP contribution in [0.3, 0.4) is 0 Å². The maximum atomic E-state index is 10.2. The van der Waals surface area contributed by atoms with Gasteiger partial charge in [-0.25, -0.2) is 0 Å². The largest absolute Gasteiger partial charge is 0.395 e. The molecule has 3 nitrogen and oxygen atoms in total. The van der Waals surface area contributed by atoms with Crippen molar-refractivity contribution in [3.63, 3.8) is 0 Å². The smallest absolute Gasteiger partial charge is 0.0695 e. The van der Waals surface area contributed by atoms with Crippen LogP contribution in [-0.4, -0.2) is 47.5 Å². The van der Waals surface area contributed by atoms with Gasteiger partial charge in [0.15, 0.2) is 0 Å². The summed E-state index contributed by atoms with van der Waals surface area (Å²) in [6.07, 6.45) is 4.03. The fourth-order valence-corrected chi connectivity index (χ4v) is 3.35. The Morgan fingerprint density at radius 3 is 2.45 bits per heavy atom. The van der Waals surface area contributed by atoms with Crippen molar-refractivity contribution in [2.45, 2.75) is 50.2 Å². The molecule has 1 aromatic carbocycles.